The van der Waals surface area contributed by atoms with Gasteiger partial charge in [-0.25, -0.2) is 4.39 Å². The first-order valence-electron chi connectivity index (χ1n) is 13.0. The Balaban J connectivity index is 1.17. The predicted octanol–water partition coefficient (Wildman–Crippen LogP) is 3.57. The molecule has 0 radical (unpaired) electrons. The Kier molecular flexibility index (Phi) is 7.94. The van der Waals surface area contributed by atoms with Crippen molar-refractivity contribution in [3.8, 4) is 17.2 Å². The van der Waals surface area contributed by atoms with Crippen molar-refractivity contribution in [2.24, 2.45) is 5.92 Å². The molecule has 1 aliphatic carbocycles. The van der Waals surface area contributed by atoms with Crippen LogP contribution in [0, 0.1) is 23.1 Å². The van der Waals surface area contributed by atoms with Crippen LogP contribution in [-0.2, 0) is 11.2 Å². The maximum absolute atomic E-state index is 15.0. The molecule has 2 amide bonds. The fourth-order valence-electron chi connectivity index (χ4n) is 5.77. The Morgan fingerprint density at radius 2 is 1.92 bits per heavy atom. The lowest BCUT2D eigenvalue weighted by Gasteiger charge is -2.34. The number of benzene rings is 1. The van der Waals surface area contributed by atoms with Crippen LogP contribution in [0.4, 0.5) is 17.6 Å². The van der Waals surface area contributed by atoms with Crippen LogP contribution in [-0.4, -0.2) is 78.6 Å². The summed E-state index contributed by atoms with van der Waals surface area (Å²) in [5.41, 5.74) is 1.51. The van der Waals surface area contributed by atoms with Gasteiger partial charge < -0.3 is 15.5 Å². The number of piperidine rings is 1. The number of halogens is 4. The molecule has 208 valence electrons. The van der Waals surface area contributed by atoms with Gasteiger partial charge in [0, 0.05) is 38.6 Å². The molecule has 3 fully saturated rings. The largest absolute Gasteiger partial charge is 0.401 e. The highest BCUT2D eigenvalue weighted by molar-refractivity contribution is 7.12. The molecule has 3 aliphatic rings. The average Bonchev–Trinajstić information content (AvgIpc) is 3.66. The van der Waals surface area contributed by atoms with Crippen LogP contribution in [0.1, 0.15) is 34.5 Å². The molecule has 2 N–H and O–H groups in total. The molecule has 1 aromatic carbocycles. The van der Waals surface area contributed by atoms with Crippen LogP contribution in [0.25, 0.3) is 11.1 Å². The van der Waals surface area contributed by atoms with Crippen molar-refractivity contribution in [2.75, 3.05) is 32.7 Å². The lowest BCUT2D eigenvalue weighted by Crippen LogP contribution is -2.50. The number of carbonyl (C=O) groups is 2. The van der Waals surface area contributed by atoms with Gasteiger partial charge in [0.05, 0.1) is 23.5 Å². The molecule has 7 nitrogen and oxygen atoms in total. The molecule has 2 aromatic rings. The van der Waals surface area contributed by atoms with Gasteiger partial charge in [0.2, 0.25) is 5.91 Å². The van der Waals surface area contributed by atoms with E-state index in [2.05, 4.69) is 16.7 Å². The minimum Gasteiger partial charge on any atom is -0.339 e. The third-order valence-electron chi connectivity index (χ3n) is 7.80. The van der Waals surface area contributed by atoms with Gasteiger partial charge in [0.25, 0.3) is 5.91 Å². The molecule has 3 heterocycles. The van der Waals surface area contributed by atoms with E-state index in [4.69, 9.17) is 0 Å². The summed E-state index contributed by atoms with van der Waals surface area (Å²) in [6.07, 6.45) is -1.20. The fraction of sp³-hybridized carbons (Fsp3) is 0.519. The molecule has 2 saturated heterocycles. The number of hydrogen-bond donors (Lipinski definition) is 2. The first-order chi connectivity index (χ1) is 18.6. The van der Waals surface area contributed by atoms with E-state index in [9.17, 15) is 28.0 Å². The first-order valence-corrected chi connectivity index (χ1v) is 13.9. The van der Waals surface area contributed by atoms with Crippen molar-refractivity contribution >= 4 is 23.2 Å². The van der Waals surface area contributed by atoms with Crippen LogP contribution in [0.5, 0.6) is 0 Å². The molecule has 5 rings (SSSR count). The molecule has 12 heteroatoms. The topological polar surface area (TPSA) is 88.5 Å². The van der Waals surface area contributed by atoms with Crippen molar-refractivity contribution in [1.29, 1.82) is 5.26 Å². The number of fused-ring (bicyclic) bond motifs is 2. The number of alkyl halides is 3. The Bertz CT molecular complexity index is 1270. The molecule has 39 heavy (non-hydrogen) atoms. The quantitative estimate of drug-likeness (QED) is 0.503. The van der Waals surface area contributed by atoms with E-state index < -0.39 is 24.6 Å². The lowest BCUT2D eigenvalue weighted by molar-refractivity contribution is -0.148. The molecule has 2 bridgehead atoms. The monoisotopic (exact) mass is 563 g/mol. The summed E-state index contributed by atoms with van der Waals surface area (Å²) in [5, 5.41) is 17.3. The third kappa shape index (κ3) is 6.42. The average molecular weight is 564 g/mol. The zero-order valence-corrected chi connectivity index (χ0v) is 22.0. The van der Waals surface area contributed by atoms with E-state index in [0.29, 0.717) is 27.6 Å². The Hall–Kier alpha value is -3.01. The summed E-state index contributed by atoms with van der Waals surface area (Å²) in [6, 6.07) is 7.54. The van der Waals surface area contributed by atoms with Crippen molar-refractivity contribution < 1.29 is 27.2 Å². The molecule has 1 saturated carbocycles. The Morgan fingerprint density at radius 1 is 1.15 bits per heavy atom. The second kappa shape index (κ2) is 11.2. The van der Waals surface area contributed by atoms with E-state index in [1.54, 1.807) is 23.6 Å². The summed E-state index contributed by atoms with van der Waals surface area (Å²) in [7, 11) is 0. The van der Waals surface area contributed by atoms with Gasteiger partial charge in [-0.05, 0) is 59.4 Å². The Morgan fingerprint density at radius 3 is 2.54 bits per heavy atom. The van der Waals surface area contributed by atoms with Crippen LogP contribution < -0.4 is 10.6 Å². The summed E-state index contributed by atoms with van der Waals surface area (Å²) in [5.74, 6) is -0.706. The van der Waals surface area contributed by atoms with Gasteiger partial charge in [0.1, 0.15) is 11.9 Å². The number of thiophene rings is 1. The van der Waals surface area contributed by atoms with E-state index in [-0.39, 0.29) is 56.4 Å². The smallest absolute Gasteiger partial charge is 0.339 e. The highest BCUT2D eigenvalue weighted by atomic mass is 32.1. The number of piperazine rings is 1. The van der Waals surface area contributed by atoms with Crippen LogP contribution in [0.15, 0.2) is 29.6 Å². The minimum absolute atomic E-state index is 0.0306. The molecule has 0 unspecified atom stereocenters. The number of carbonyl (C=O) groups excluding carboxylic acids is 2. The number of nitrogens with one attached hydrogen (secondary N) is 2. The molecule has 4 atom stereocenters. The normalized spacial score (nSPS) is 24.0. The third-order valence-corrected chi connectivity index (χ3v) is 8.72. The maximum Gasteiger partial charge on any atom is 0.401 e. The summed E-state index contributed by atoms with van der Waals surface area (Å²) >= 11 is 1.20. The van der Waals surface area contributed by atoms with Gasteiger partial charge >= 0.3 is 6.18 Å². The zero-order chi connectivity index (χ0) is 27.7. The number of hydrogen-bond acceptors (Lipinski definition) is 6. The summed E-state index contributed by atoms with van der Waals surface area (Å²) < 4.78 is 52.9. The molecular formula is C27H29F4N5O2S. The van der Waals surface area contributed by atoms with E-state index in [0.717, 1.165) is 19.3 Å². The first kappa shape index (κ1) is 27.6. The van der Waals surface area contributed by atoms with Crippen molar-refractivity contribution in [2.45, 2.75) is 50.0 Å². The number of nitrogens with zero attached hydrogens (tertiary/aromatic N) is 3. The predicted molar refractivity (Wildman–Crippen MR) is 137 cm³/mol. The fourth-order valence-corrected chi connectivity index (χ4v) is 6.65. The number of amides is 2. The maximum atomic E-state index is 15.0. The van der Waals surface area contributed by atoms with Crippen molar-refractivity contribution in [3.63, 3.8) is 0 Å². The highest BCUT2D eigenvalue weighted by Gasteiger charge is 2.43. The molecule has 1 aromatic heterocycles. The number of rotatable bonds is 7. The van der Waals surface area contributed by atoms with E-state index in [1.165, 1.54) is 27.2 Å². The molecular weight excluding hydrogens is 534 g/mol. The zero-order valence-electron chi connectivity index (χ0n) is 21.1. The van der Waals surface area contributed by atoms with Gasteiger partial charge in [-0.15, -0.1) is 11.3 Å². The summed E-state index contributed by atoms with van der Waals surface area (Å²) in [4.78, 5) is 28.8. The van der Waals surface area contributed by atoms with Gasteiger partial charge in [-0.3, -0.25) is 14.5 Å². The minimum atomic E-state index is -4.27. The van der Waals surface area contributed by atoms with Gasteiger partial charge in [-0.2, -0.15) is 18.4 Å². The van der Waals surface area contributed by atoms with Crippen molar-refractivity contribution in [1.82, 2.24) is 20.4 Å². The molecule has 2 aliphatic heterocycles. The van der Waals surface area contributed by atoms with Crippen LogP contribution in [0.3, 0.4) is 0 Å². The van der Waals surface area contributed by atoms with E-state index in [1.807, 2.05) is 0 Å². The van der Waals surface area contributed by atoms with E-state index >= 15 is 4.39 Å². The SMILES string of the molecule is N#C[C@H](Cc1ccc(-c2csc(C(=O)N3CCN(CC(F)(F)F)CC3)c2)cc1F)NC(=O)[C@H]1N[C@@H]2CC[C@H]1C2. The molecule has 0 spiro atoms. The van der Waals surface area contributed by atoms with Crippen molar-refractivity contribution in [3.05, 3.63) is 45.9 Å². The van der Waals surface area contributed by atoms with Gasteiger partial charge in [-0.1, -0.05) is 12.1 Å². The summed E-state index contributed by atoms with van der Waals surface area (Å²) in [6.45, 7) is -0.267. The number of nitriles is 1. The second-order valence-electron chi connectivity index (χ2n) is 10.5. The lowest BCUT2D eigenvalue weighted by atomic mass is 9.98. The highest BCUT2D eigenvalue weighted by Crippen LogP contribution is 2.35. The van der Waals surface area contributed by atoms with Crippen LogP contribution >= 0.6 is 11.3 Å². The standard InChI is InChI=1S/C27H29F4N5O2S/c28-22-11-16(1-2-17(22)9-21(13-32)34-25(37)24-18-3-4-20(10-18)33-24)19-12-23(39-14-19)26(38)36-7-5-35(6-8-36)15-27(29,30)31/h1-2,11-12,14,18,20-21,24,33H,3-10,15H2,(H,34,37)/t18-,20+,21-,24-/m0/s1. The Labute approximate surface area is 227 Å². The second-order valence-corrected chi connectivity index (χ2v) is 11.4. The van der Waals surface area contributed by atoms with Crippen LogP contribution in [0.2, 0.25) is 0 Å². The van der Waals surface area contributed by atoms with Gasteiger partial charge in [0.15, 0.2) is 0 Å².